The molecule has 1 aliphatic carbocycles. The van der Waals surface area contributed by atoms with E-state index in [1.54, 1.807) is 22.9 Å². The Labute approximate surface area is 249 Å². The molecule has 0 bridgehead atoms. The highest BCUT2D eigenvalue weighted by Gasteiger charge is 2.47. The van der Waals surface area contributed by atoms with Crippen molar-refractivity contribution in [2.24, 2.45) is 0 Å². The van der Waals surface area contributed by atoms with Gasteiger partial charge in [0.25, 0.3) is 0 Å². The molecule has 0 unspecified atom stereocenters. The SMILES string of the molecule is COCc1cn([C@@H]2CCN3C(=O)CC4(CCN(C5CCC(F)(F)CC5)CC4)NC(=O)COCCOCCNC(=O)[C@H]23)nn1. The summed E-state index contributed by atoms with van der Waals surface area (Å²) in [4.78, 5) is 44.4. The van der Waals surface area contributed by atoms with Gasteiger partial charge in [-0.15, -0.1) is 5.10 Å². The summed E-state index contributed by atoms with van der Waals surface area (Å²) in [6, 6.07) is -1.18. The molecule has 4 fully saturated rings. The van der Waals surface area contributed by atoms with Gasteiger partial charge in [0.2, 0.25) is 23.6 Å². The lowest BCUT2D eigenvalue weighted by Gasteiger charge is -2.46. The van der Waals surface area contributed by atoms with Crippen LogP contribution in [0.4, 0.5) is 8.78 Å². The van der Waals surface area contributed by atoms with Crippen LogP contribution in [0, 0.1) is 0 Å². The molecule has 1 spiro atoms. The summed E-state index contributed by atoms with van der Waals surface area (Å²) in [7, 11) is 1.56. The van der Waals surface area contributed by atoms with E-state index in [0.717, 1.165) is 0 Å². The lowest BCUT2D eigenvalue weighted by Crippen LogP contribution is -2.60. The van der Waals surface area contributed by atoms with Crippen molar-refractivity contribution < 1.29 is 37.4 Å². The van der Waals surface area contributed by atoms with E-state index in [9.17, 15) is 23.2 Å². The largest absolute Gasteiger partial charge is 0.378 e. The number of alkyl halides is 2. The third-order valence-electron chi connectivity index (χ3n) is 9.15. The normalized spacial score (nSPS) is 28.4. The van der Waals surface area contributed by atoms with Crippen LogP contribution in [0.1, 0.15) is 63.1 Å². The third-order valence-corrected chi connectivity index (χ3v) is 9.15. The minimum absolute atomic E-state index is 0.0151. The second kappa shape index (κ2) is 13.9. The van der Waals surface area contributed by atoms with E-state index in [0.29, 0.717) is 57.4 Å². The van der Waals surface area contributed by atoms with Crippen LogP contribution in [0.3, 0.4) is 0 Å². The number of carbonyl (C=O) groups is 3. The van der Waals surface area contributed by atoms with Gasteiger partial charge in [0, 0.05) is 52.2 Å². The Kier molecular flexibility index (Phi) is 10.2. The van der Waals surface area contributed by atoms with Crippen molar-refractivity contribution in [1.82, 2.24) is 35.4 Å². The van der Waals surface area contributed by atoms with Crippen molar-refractivity contribution in [1.29, 1.82) is 0 Å². The zero-order valence-electron chi connectivity index (χ0n) is 24.8. The summed E-state index contributed by atoms with van der Waals surface area (Å²) in [5, 5.41) is 14.3. The first-order valence-electron chi connectivity index (χ1n) is 15.2. The number of aromatic nitrogens is 3. The Morgan fingerprint density at radius 3 is 2.51 bits per heavy atom. The van der Waals surface area contributed by atoms with E-state index in [1.165, 1.54) is 0 Å². The average molecular weight is 612 g/mol. The highest BCUT2D eigenvalue weighted by molar-refractivity contribution is 5.89. The molecule has 3 saturated heterocycles. The predicted molar refractivity (Wildman–Crippen MR) is 148 cm³/mol. The fraction of sp³-hybridized carbons (Fsp3) is 0.821. The quantitative estimate of drug-likeness (QED) is 0.502. The lowest BCUT2D eigenvalue weighted by molar-refractivity contribution is -0.142. The molecule has 15 heteroatoms. The molecule has 43 heavy (non-hydrogen) atoms. The van der Waals surface area contributed by atoms with Gasteiger partial charge >= 0.3 is 0 Å². The monoisotopic (exact) mass is 611 g/mol. The number of fused-ring (bicyclic) bond motifs is 1. The first-order chi connectivity index (χ1) is 20.7. The maximum atomic E-state index is 14.0. The highest BCUT2D eigenvalue weighted by atomic mass is 19.3. The van der Waals surface area contributed by atoms with Crippen LogP contribution in [-0.4, -0.2) is 126 Å². The topological polar surface area (TPSA) is 140 Å². The molecular weight excluding hydrogens is 568 g/mol. The first-order valence-corrected chi connectivity index (χ1v) is 15.2. The summed E-state index contributed by atoms with van der Waals surface area (Å²) in [5.74, 6) is -3.48. The number of halogens is 2. The molecule has 1 aromatic rings. The first kappa shape index (κ1) is 31.7. The Bertz CT molecular complexity index is 1120. The zero-order chi connectivity index (χ0) is 30.5. The number of amides is 3. The van der Waals surface area contributed by atoms with Crippen LogP contribution in [0.15, 0.2) is 6.20 Å². The minimum Gasteiger partial charge on any atom is -0.378 e. The molecule has 4 heterocycles. The van der Waals surface area contributed by atoms with Crippen molar-refractivity contribution in [2.45, 2.75) is 87.6 Å². The molecule has 5 rings (SSSR count). The summed E-state index contributed by atoms with van der Waals surface area (Å²) < 4.78 is 45.4. The van der Waals surface area contributed by atoms with Gasteiger partial charge in [-0.1, -0.05) is 5.21 Å². The molecule has 2 N–H and O–H groups in total. The van der Waals surface area contributed by atoms with E-state index in [-0.39, 0.29) is 82.6 Å². The third kappa shape index (κ3) is 7.86. The van der Waals surface area contributed by atoms with Crippen LogP contribution < -0.4 is 10.6 Å². The predicted octanol–water partition coefficient (Wildman–Crippen LogP) is 0.648. The van der Waals surface area contributed by atoms with Crippen LogP contribution in [-0.2, 0) is 35.2 Å². The second-order valence-electron chi connectivity index (χ2n) is 12.1. The van der Waals surface area contributed by atoms with Gasteiger partial charge in [-0.25, -0.2) is 13.5 Å². The summed E-state index contributed by atoms with van der Waals surface area (Å²) >= 11 is 0. The molecule has 3 aliphatic heterocycles. The second-order valence-corrected chi connectivity index (χ2v) is 12.1. The van der Waals surface area contributed by atoms with E-state index in [1.807, 2.05) is 0 Å². The van der Waals surface area contributed by atoms with Gasteiger partial charge in [0.15, 0.2) is 0 Å². The van der Waals surface area contributed by atoms with Gasteiger partial charge in [-0.05, 0) is 32.1 Å². The summed E-state index contributed by atoms with van der Waals surface area (Å²) in [5.41, 5.74) is -0.232. The maximum Gasteiger partial charge on any atom is 0.248 e. The van der Waals surface area contributed by atoms with Crippen LogP contribution in [0.2, 0.25) is 0 Å². The number of methoxy groups -OCH3 is 1. The number of hydrogen-bond donors (Lipinski definition) is 2. The van der Waals surface area contributed by atoms with Crippen LogP contribution in [0.5, 0.6) is 0 Å². The molecule has 0 aromatic carbocycles. The van der Waals surface area contributed by atoms with Gasteiger partial charge in [0.1, 0.15) is 18.3 Å². The van der Waals surface area contributed by atoms with Crippen molar-refractivity contribution in [3.8, 4) is 0 Å². The van der Waals surface area contributed by atoms with E-state index < -0.39 is 23.5 Å². The van der Waals surface area contributed by atoms with Gasteiger partial charge in [0.05, 0.1) is 50.6 Å². The molecule has 1 aromatic heterocycles. The zero-order valence-corrected chi connectivity index (χ0v) is 24.8. The lowest BCUT2D eigenvalue weighted by atomic mass is 9.81. The molecular formula is C28H43F2N7O6. The number of likely N-dealkylation sites (tertiary alicyclic amines) is 1. The van der Waals surface area contributed by atoms with E-state index >= 15 is 0 Å². The average Bonchev–Trinajstić information content (AvgIpc) is 3.62. The number of nitrogens with one attached hydrogen (secondary N) is 2. The number of nitrogens with zero attached hydrogens (tertiary/aromatic N) is 5. The van der Waals surface area contributed by atoms with Crippen molar-refractivity contribution >= 4 is 17.7 Å². The summed E-state index contributed by atoms with van der Waals surface area (Å²) in [6.45, 7) is 2.59. The minimum atomic E-state index is -2.60. The molecule has 3 amide bonds. The molecule has 2 atom stereocenters. The number of piperidine rings is 1. The van der Waals surface area contributed by atoms with Crippen molar-refractivity contribution in [2.75, 3.05) is 59.7 Å². The Morgan fingerprint density at radius 2 is 1.77 bits per heavy atom. The maximum absolute atomic E-state index is 14.0. The fourth-order valence-electron chi connectivity index (χ4n) is 6.85. The Balaban J connectivity index is 1.34. The Hall–Kier alpha value is -2.75. The number of carbonyl (C=O) groups excluding carboxylic acids is 3. The number of ether oxygens (including phenoxy) is 3. The van der Waals surface area contributed by atoms with E-state index in [2.05, 4.69) is 25.8 Å². The van der Waals surface area contributed by atoms with E-state index in [4.69, 9.17) is 14.2 Å². The molecule has 0 radical (unpaired) electrons. The molecule has 4 aliphatic rings. The van der Waals surface area contributed by atoms with Crippen molar-refractivity contribution in [3.63, 3.8) is 0 Å². The number of rotatable bonds is 4. The fourth-order valence-corrected chi connectivity index (χ4v) is 6.85. The van der Waals surface area contributed by atoms with Crippen LogP contribution in [0.25, 0.3) is 0 Å². The van der Waals surface area contributed by atoms with Gasteiger partial charge < -0.3 is 34.6 Å². The Morgan fingerprint density at radius 1 is 1.02 bits per heavy atom. The van der Waals surface area contributed by atoms with Crippen LogP contribution >= 0.6 is 0 Å². The smallest absolute Gasteiger partial charge is 0.248 e. The van der Waals surface area contributed by atoms with Crippen molar-refractivity contribution in [3.05, 3.63) is 11.9 Å². The standard InChI is InChI=1S/C28H43F2N7O6/c1-41-18-20-17-37(34-33-20)22-4-10-36-24(39)16-27(7-11-35(12-8-27)21-2-5-28(29,30)6-3-21)32-23(38)19-43-15-14-42-13-9-31-26(40)25(22)36/h17,21-22,25H,2-16,18-19H2,1H3,(H,31,40)(H,32,38)/t22-,25+/m1/s1. The molecule has 1 saturated carbocycles. The highest BCUT2D eigenvalue weighted by Crippen LogP contribution is 2.38. The van der Waals surface area contributed by atoms with Gasteiger partial charge in [-0.3, -0.25) is 14.4 Å². The summed E-state index contributed by atoms with van der Waals surface area (Å²) in [6.07, 6.45) is 3.85. The number of hydrogen-bond acceptors (Lipinski definition) is 9. The molecule has 13 nitrogen and oxygen atoms in total. The molecule has 240 valence electrons. The van der Waals surface area contributed by atoms with Gasteiger partial charge in [-0.2, -0.15) is 0 Å².